The van der Waals surface area contributed by atoms with E-state index >= 15 is 0 Å². The summed E-state index contributed by atoms with van der Waals surface area (Å²) < 4.78 is 11.4. The summed E-state index contributed by atoms with van der Waals surface area (Å²) in [6.07, 6.45) is -0.0419. The van der Waals surface area contributed by atoms with Crippen LogP contribution in [-0.4, -0.2) is 30.6 Å². The van der Waals surface area contributed by atoms with E-state index in [1.54, 1.807) is 49.6 Å². The SMILES string of the molecule is COc1cc(C2=NO[C@@]3(C(=O)Nc4ccccc43)[C@H]2C(=O)c2ccc(C)cc2)ccc1OC(C)C. The first-order valence-corrected chi connectivity index (χ1v) is 11.5. The Balaban J connectivity index is 1.65. The molecule has 3 aromatic carbocycles. The van der Waals surface area contributed by atoms with Gasteiger partial charge in [-0.2, -0.15) is 0 Å². The van der Waals surface area contributed by atoms with Crippen molar-refractivity contribution in [3.05, 3.63) is 89.0 Å². The number of ketones is 1. The van der Waals surface area contributed by atoms with Gasteiger partial charge in [0.25, 0.3) is 11.5 Å². The van der Waals surface area contributed by atoms with E-state index < -0.39 is 17.4 Å². The molecule has 0 aliphatic carbocycles. The van der Waals surface area contributed by atoms with Crippen LogP contribution in [0.15, 0.2) is 71.9 Å². The van der Waals surface area contributed by atoms with Crippen LogP contribution in [0.4, 0.5) is 5.69 Å². The number of aryl methyl sites for hydroxylation is 1. The number of fused-ring (bicyclic) bond motifs is 2. The quantitative estimate of drug-likeness (QED) is 0.520. The van der Waals surface area contributed by atoms with E-state index in [4.69, 9.17) is 14.3 Å². The molecule has 35 heavy (non-hydrogen) atoms. The molecule has 5 rings (SSSR count). The molecule has 1 N–H and O–H groups in total. The average Bonchev–Trinajstić information content (AvgIpc) is 3.38. The van der Waals surface area contributed by atoms with Crippen molar-refractivity contribution in [2.24, 2.45) is 11.1 Å². The van der Waals surface area contributed by atoms with E-state index in [0.29, 0.717) is 39.6 Å². The van der Waals surface area contributed by atoms with Crippen LogP contribution in [0.3, 0.4) is 0 Å². The van der Waals surface area contributed by atoms with E-state index in [1.165, 1.54) is 0 Å². The van der Waals surface area contributed by atoms with E-state index in [9.17, 15) is 9.59 Å². The number of anilines is 1. The van der Waals surface area contributed by atoms with Gasteiger partial charge in [-0.05, 0) is 45.0 Å². The van der Waals surface area contributed by atoms with Gasteiger partial charge in [0.15, 0.2) is 17.3 Å². The Morgan fingerprint density at radius 1 is 1.06 bits per heavy atom. The fraction of sp³-hybridized carbons (Fsp3) is 0.250. The minimum absolute atomic E-state index is 0.0419. The van der Waals surface area contributed by atoms with E-state index in [0.717, 1.165) is 5.56 Å². The van der Waals surface area contributed by atoms with Crippen LogP contribution in [-0.2, 0) is 15.2 Å². The van der Waals surface area contributed by atoms with Gasteiger partial charge in [-0.15, -0.1) is 0 Å². The molecule has 3 aromatic rings. The summed E-state index contributed by atoms with van der Waals surface area (Å²) in [5.74, 6) is -0.608. The number of carbonyl (C=O) groups excluding carboxylic acids is 2. The van der Waals surface area contributed by atoms with Crippen LogP contribution in [0.5, 0.6) is 11.5 Å². The molecule has 2 atom stereocenters. The van der Waals surface area contributed by atoms with Crippen molar-refractivity contribution in [2.45, 2.75) is 32.5 Å². The molecule has 0 radical (unpaired) electrons. The van der Waals surface area contributed by atoms with Crippen LogP contribution in [0.25, 0.3) is 0 Å². The maximum Gasteiger partial charge on any atom is 0.277 e. The van der Waals surface area contributed by atoms with Crippen molar-refractivity contribution in [3.8, 4) is 11.5 Å². The standard InChI is InChI=1S/C28H26N2O5/c1-16(2)34-22-14-13-19(15-23(22)33-4)25-24(26(31)18-11-9-17(3)10-12-18)28(35-30-25)20-7-5-6-8-21(20)29-27(28)32/h5-16,24H,1-4H3,(H,29,32)/t24-,28-/m1/s1. The lowest BCUT2D eigenvalue weighted by Gasteiger charge is -2.27. The van der Waals surface area contributed by atoms with Crippen LogP contribution >= 0.6 is 0 Å². The molecule has 7 nitrogen and oxygen atoms in total. The van der Waals surface area contributed by atoms with Gasteiger partial charge in [-0.1, -0.05) is 53.2 Å². The molecule has 0 aromatic heterocycles. The lowest BCUT2D eigenvalue weighted by Crippen LogP contribution is -2.46. The molecule has 1 spiro atoms. The molecule has 0 saturated heterocycles. The highest BCUT2D eigenvalue weighted by Crippen LogP contribution is 2.50. The van der Waals surface area contributed by atoms with Crippen molar-refractivity contribution >= 4 is 23.1 Å². The van der Waals surface area contributed by atoms with Gasteiger partial charge in [0.1, 0.15) is 11.6 Å². The lowest BCUT2D eigenvalue weighted by molar-refractivity contribution is -0.140. The molecule has 7 heteroatoms. The molecule has 0 bridgehead atoms. The van der Waals surface area contributed by atoms with Gasteiger partial charge in [-0.3, -0.25) is 9.59 Å². The van der Waals surface area contributed by atoms with Crippen LogP contribution in [0, 0.1) is 12.8 Å². The number of ether oxygens (including phenoxy) is 2. The number of nitrogens with zero attached hydrogens (tertiary/aromatic N) is 1. The van der Waals surface area contributed by atoms with Gasteiger partial charge in [0, 0.05) is 22.4 Å². The van der Waals surface area contributed by atoms with Gasteiger partial charge >= 0.3 is 0 Å². The number of benzene rings is 3. The van der Waals surface area contributed by atoms with Crippen molar-refractivity contribution in [2.75, 3.05) is 12.4 Å². The Morgan fingerprint density at radius 3 is 2.51 bits per heavy atom. The predicted molar refractivity (Wildman–Crippen MR) is 132 cm³/mol. The highest BCUT2D eigenvalue weighted by Gasteiger charge is 2.63. The Morgan fingerprint density at radius 2 is 1.80 bits per heavy atom. The zero-order valence-electron chi connectivity index (χ0n) is 20.0. The number of nitrogens with one attached hydrogen (secondary N) is 1. The molecule has 0 saturated carbocycles. The predicted octanol–water partition coefficient (Wildman–Crippen LogP) is 4.87. The Labute approximate surface area is 203 Å². The van der Waals surface area contributed by atoms with Crippen LogP contribution in [0.2, 0.25) is 0 Å². The number of Topliss-reactive ketones (excluding diaryl/α,β-unsaturated/α-hetero) is 1. The van der Waals surface area contributed by atoms with Gasteiger partial charge in [0.05, 0.1) is 13.2 Å². The summed E-state index contributed by atoms with van der Waals surface area (Å²) in [7, 11) is 1.55. The second-order valence-electron chi connectivity index (χ2n) is 9.00. The Hall–Kier alpha value is -4.13. The van der Waals surface area contributed by atoms with Gasteiger partial charge in [0.2, 0.25) is 0 Å². The normalized spacial score (nSPS) is 20.3. The maximum absolute atomic E-state index is 14.0. The highest BCUT2D eigenvalue weighted by atomic mass is 16.7. The average molecular weight is 471 g/mol. The first kappa shape index (κ1) is 22.7. The lowest BCUT2D eigenvalue weighted by atomic mass is 9.74. The molecule has 2 heterocycles. The number of oxime groups is 1. The van der Waals surface area contributed by atoms with Crippen molar-refractivity contribution in [1.29, 1.82) is 0 Å². The summed E-state index contributed by atoms with van der Waals surface area (Å²) in [5.41, 5.74) is 2.06. The number of amides is 1. The second-order valence-corrected chi connectivity index (χ2v) is 9.00. The van der Waals surface area contributed by atoms with Gasteiger partial charge in [-0.25, -0.2) is 0 Å². The second kappa shape index (κ2) is 8.58. The van der Waals surface area contributed by atoms with Crippen molar-refractivity contribution in [1.82, 2.24) is 0 Å². The summed E-state index contributed by atoms with van der Waals surface area (Å²) in [6.45, 7) is 5.81. The highest BCUT2D eigenvalue weighted by molar-refractivity contribution is 6.24. The smallest absolute Gasteiger partial charge is 0.277 e. The third-order valence-corrected chi connectivity index (χ3v) is 6.30. The summed E-state index contributed by atoms with van der Waals surface area (Å²) in [4.78, 5) is 33.4. The molecule has 178 valence electrons. The minimum Gasteiger partial charge on any atom is -0.493 e. The first-order valence-electron chi connectivity index (χ1n) is 11.5. The fourth-order valence-corrected chi connectivity index (χ4v) is 4.64. The first-order chi connectivity index (χ1) is 16.8. The maximum atomic E-state index is 14.0. The third-order valence-electron chi connectivity index (χ3n) is 6.30. The molecular formula is C28H26N2O5. The number of hydrogen-bond acceptors (Lipinski definition) is 6. The molecule has 0 fully saturated rings. The zero-order chi connectivity index (χ0) is 24.7. The minimum atomic E-state index is -1.60. The number of methoxy groups -OCH3 is 1. The largest absolute Gasteiger partial charge is 0.493 e. The molecule has 2 aliphatic heterocycles. The Kier molecular flexibility index (Phi) is 5.55. The zero-order valence-corrected chi connectivity index (χ0v) is 20.0. The number of rotatable bonds is 6. The molecular weight excluding hydrogens is 444 g/mol. The van der Waals surface area contributed by atoms with Crippen molar-refractivity contribution < 1.29 is 23.9 Å². The monoisotopic (exact) mass is 470 g/mol. The Bertz CT molecular complexity index is 1350. The number of hydrogen-bond donors (Lipinski definition) is 1. The van der Waals surface area contributed by atoms with Gasteiger partial charge < -0.3 is 19.6 Å². The molecule has 1 amide bonds. The summed E-state index contributed by atoms with van der Waals surface area (Å²) in [5, 5.41) is 7.21. The summed E-state index contributed by atoms with van der Waals surface area (Å²) in [6, 6.07) is 19.8. The van der Waals surface area contributed by atoms with Crippen LogP contribution < -0.4 is 14.8 Å². The van der Waals surface area contributed by atoms with Crippen molar-refractivity contribution in [3.63, 3.8) is 0 Å². The number of para-hydroxylation sites is 1. The van der Waals surface area contributed by atoms with Crippen LogP contribution in [0.1, 0.15) is 40.9 Å². The number of carbonyl (C=O) groups is 2. The topological polar surface area (TPSA) is 86.2 Å². The van der Waals surface area contributed by atoms with E-state index in [-0.39, 0.29) is 11.9 Å². The van der Waals surface area contributed by atoms with E-state index in [2.05, 4.69) is 10.5 Å². The molecule has 0 unspecified atom stereocenters. The van der Waals surface area contributed by atoms with E-state index in [1.807, 2.05) is 45.0 Å². The summed E-state index contributed by atoms with van der Waals surface area (Å²) >= 11 is 0. The fourth-order valence-electron chi connectivity index (χ4n) is 4.64. The third kappa shape index (κ3) is 3.64. The molecule has 2 aliphatic rings.